The predicted molar refractivity (Wildman–Crippen MR) is 153 cm³/mol. The van der Waals surface area contributed by atoms with Crippen molar-refractivity contribution >= 4 is 16.0 Å². The molecular weight excluding hydrogens is 566 g/mol. The summed E-state index contributed by atoms with van der Waals surface area (Å²) in [5, 5.41) is 26.3. The molecule has 15 heteroatoms. The Morgan fingerprint density at radius 3 is 2.26 bits per heavy atom. The number of aryl methyl sites for hydroxylation is 2. The topological polar surface area (TPSA) is 184 Å². The summed E-state index contributed by atoms with van der Waals surface area (Å²) in [5.41, 5.74) is 2.54. The van der Waals surface area contributed by atoms with Gasteiger partial charge in [0.2, 0.25) is 16.0 Å². The van der Waals surface area contributed by atoms with Gasteiger partial charge in [0.1, 0.15) is 34.6 Å². The molecule has 0 saturated heterocycles. The number of aliphatic hydroxyl groups excluding tert-OH is 2. The summed E-state index contributed by atoms with van der Waals surface area (Å²) in [7, 11) is -1.33. The fourth-order valence-corrected chi connectivity index (χ4v) is 5.20. The van der Waals surface area contributed by atoms with E-state index in [1.807, 2.05) is 13.0 Å². The molecule has 0 amide bonds. The SMILES string of the molecule is COc1cccc(OC)c1-n1c(NS(=O)(=O)[C@@H](C)[C@@H](OC[C@H](O)CO)c2ncc(C)cn2)nnc1-c1cncc(C)c1. The van der Waals surface area contributed by atoms with Crippen LogP contribution in [0.4, 0.5) is 5.95 Å². The highest BCUT2D eigenvalue weighted by Gasteiger charge is 2.36. The van der Waals surface area contributed by atoms with Gasteiger partial charge >= 0.3 is 0 Å². The molecule has 0 aliphatic carbocycles. The fourth-order valence-electron chi connectivity index (χ4n) is 4.10. The second-order valence-electron chi connectivity index (χ2n) is 9.51. The zero-order valence-corrected chi connectivity index (χ0v) is 24.6. The number of aromatic nitrogens is 6. The van der Waals surface area contributed by atoms with Gasteiger partial charge in [-0.25, -0.2) is 18.4 Å². The zero-order valence-electron chi connectivity index (χ0n) is 23.8. The van der Waals surface area contributed by atoms with Gasteiger partial charge in [-0.1, -0.05) is 6.07 Å². The number of hydrogen-bond donors (Lipinski definition) is 3. The number of para-hydroxylation sites is 1. The van der Waals surface area contributed by atoms with Crippen molar-refractivity contribution in [1.82, 2.24) is 29.7 Å². The van der Waals surface area contributed by atoms with Crippen LogP contribution < -0.4 is 14.2 Å². The van der Waals surface area contributed by atoms with Gasteiger partial charge in [0.05, 0.1) is 27.4 Å². The van der Waals surface area contributed by atoms with Crippen LogP contribution in [-0.4, -0.2) is 87.1 Å². The van der Waals surface area contributed by atoms with E-state index in [9.17, 15) is 18.6 Å². The van der Waals surface area contributed by atoms with Crippen molar-refractivity contribution in [2.75, 3.05) is 32.2 Å². The molecule has 14 nitrogen and oxygen atoms in total. The molecule has 3 atom stereocenters. The number of nitrogens with zero attached hydrogens (tertiary/aromatic N) is 6. The van der Waals surface area contributed by atoms with E-state index in [1.54, 1.807) is 37.5 Å². The average Bonchev–Trinajstić information content (AvgIpc) is 3.39. The molecule has 0 aliphatic rings. The highest BCUT2D eigenvalue weighted by Crippen LogP contribution is 2.38. The maximum atomic E-state index is 13.9. The second kappa shape index (κ2) is 13.2. The summed E-state index contributed by atoms with van der Waals surface area (Å²) in [5.74, 6) is 0.955. The third-order valence-corrected chi connectivity index (χ3v) is 8.00. The quantitative estimate of drug-likeness (QED) is 0.203. The molecule has 3 aromatic heterocycles. The van der Waals surface area contributed by atoms with Gasteiger partial charge < -0.3 is 24.4 Å². The summed E-state index contributed by atoms with van der Waals surface area (Å²) in [6.07, 6.45) is 3.89. The van der Waals surface area contributed by atoms with Crippen LogP contribution in [0.2, 0.25) is 0 Å². The number of benzene rings is 1. The molecule has 4 rings (SSSR count). The number of pyridine rings is 1. The Balaban J connectivity index is 1.82. The van der Waals surface area contributed by atoms with E-state index in [4.69, 9.17) is 14.2 Å². The molecule has 3 N–H and O–H groups in total. The first-order valence-corrected chi connectivity index (χ1v) is 14.4. The van der Waals surface area contributed by atoms with Gasteiger partial charge in [0.25, 0.3) is 0 Å². The van der Waals surface area contributed by atoms with Crippen LogP contribution in [-0.2, 0) is 14.8 Å². The van der Waals surface area contributed by atoms with Gasteiger partial charge in [0, 0.05) is 30.4 Å². The summed E-state index contributed by atoms with van der Waals surface area (Å²) < 4.78 is 48.7. The Labute approximate surface area is 243 Å². The third-order valence-electron chi connectivity index (χ3n) is 6.31. The summed E-state index contributed by atoms with van der Waals surface area (Å²) >= 11 is 0. The highest BCUT2D eigenvalue weighted by molar-refractivity contribution is 7.93. The first-order valence-electron chi connectivity index (χ1n) is 12.9. The minimum Gasteiger partial charge on any atom is -0.494 e. The van der Waals surface area contributed by atoms with Gasteiger partial charge in [-0.15, -0.1) is 10.2 Å². The van der Waals surface area contributed by atoms with Crippen molar-refractivity contribution in [1.29, 1.82) is 0 Å². The van der Waals surface area contributed by atoms with Crippen molar-refractivity contribution in [3.8, 4) is 28.6 Å². The Hall–Kier alpha value is -4.18. The number of anilines is 1. The molecule has 42 heavy (non-hydrogen) atoms. The lowest BCUT2D eigenvalue weighted by Crippen LogP contribution is -2.35. The Morgan fingerprint density at radius 1 is 1.00 bits per heavy atom. The Bertz CT molecular complexity index is 1590. The maximum absolute atomic E-state index is 13.9. The number of methoxy groups -OCH3 is 2. The fraction of sp³-hybridized carbons (Fsp3) is 0.370. The van der Waals surface area contributed by atoms with E-state index in [2.05, 4.69) is 29.9 Å². The lowest BCUT2D eigenvalue weighted by Gasteiger charge is -2.25. The summed E-state index contributed by atoms with van der Waals surface area (Å²) in [6, 6.07) is 6.96. The molecule has 1 aromatic carbocycles. The van der Waals surface area contributed by atoms with Crippen molar-refractivity contribution in [2.45, 2.75) is 38.2 Å². The first kappa shape index (κ1) is 30.8. The lowest BCUT2D eigenvalue weighted by molar-refractivity contribution is -0.0324. The monoisotopic (exact) mass is 599 g/mol. The van der Waals surface area contributed by atoms with Crippen molar-refractivity contribution in [2.24, 2.45) is 0 Å². The number of sulfonamides is 1. The average molecular weight is 600 g/mol. The number of hydrogen-bond acceptors (Lipinski definition) is 12. The van der Waals surface area contributed by atoms with Crippen LogP contribution in [0.5, 0.6) is 11.5 Å². The lowest BCUT2D eigenvalue weighted by atomic mass is 10.2. The molecule has 0 fully saturated rings. The first-order chi connectivity index (χ1) is 20.1. The third kappa shape index (κ3) is 6.65. The van der Waals surface area contributed by atoms with Crippen molar-refractivity contribution in [3.05, 3.63) is 66.0 Å². The standard InChI is InChI=1S/C27H33N7O7S/c1-16-9-19(13-28-10-16)26-31-32-27(34(26)23-21(39-4)7-6-8-22(23)40-5)33-42(37,38)18(3)24(41-15-20(36)14-35)25-29-11-17(2)12-30-25/h6-13,18,20,24,35-36H,14-15H2,1-5H3,(H,32,33)/t18-,20+,24+/m0/s1. The number of ether oxygens (including phenoxy) is 3. The van der Waals surface area contributed by atoms with Crippen LogP contribution in [0.1, 0.15) is 30.0 Å². The summed E-state index contributed by atoms with van der Waals surface area (Å²) in [4.78, 5) is 12.7. The molecule has 4 aromatic rings. The van der Waals surface area contributed by atoms with Crippen molar-refractivity contribution < 1.29 is 32.8 Å². The molecule has 0 saturated carbocycles. The van der Waals surface area contributed by atoms with Crippen molar-refractivity contribution in [3.63, 3.8) is 0 Å². The zero-order chi connectivity index (χ0) is 30.4. The van der Waals surface area contributed by atoms with Gasteiger partial charge in [-0.3, -0.25) is 14.3 Å². The number of aliphatic hydroxyl groups is 2. The number of rotatable bonds is 13. The minimum atomic E-state index is -4.29. The van der Waals surface area contributed by atoms with E-state index < -0.39 is 34.1 Å². The maximum Gasteiger partial charge on any atom is 0.243 e. The summed E-state index contributed by atoms with van der Waals surface area (Å²) in [6.45, 7) is 4.15. The van der Waals surface area contributed by atoms with E-state index in [0.29, 0.717) is 22.7 Å². The van der Waals surface area contributed by atoms with E-state index in [-0.39, 0.29) is 24.2 Å². The molecule has 224 valence electrons. The van der Waals surface area contributed by atoms with Gasteiger partial charge in [0.15, 0.2) is 11.6 Å². The second-order valence-corrected chi connectivity index (χ2v) is 11.5. The molecule has 0 aliphatic heterocycles. The minimum absolute atomic E-state index is 0.0861. The largest absolute Gasteiger partial charge is 0.494 e. The van der Waals surface area contributed by atoms with Gasteiger partial charge in [-0.05, 0) is 50.1 Å². The smallest absolute Gasteiger partial charge is 0.243 e. The van der Waals surface area contributed by atoms with E-state index >= 15 is 0 Å². The van der Waals surface area contributed by atoms with Crippen LogP contribution in [0, 0.1) is 13.8 Å². The normalized spacial score (nSPS) is 13.8. The van der Waals surface area contributed by atoms with Crippen LogP contribution in [0.3, 0.4) is 0 Å². The van der Waals surface area contributed by atoms with E-state index in [1.165, 1.54) is 38.1 Å². The molecule has 0 spiro atoms. The van der Waals surface area contributed by atoms with E-state index in [0.717, 1.165) is 11.1 Å². The molecule has 0 unspecified atom stereocenters. The molecule has 3 heterocycles. The molecular formula is C27H33N7O7S. The molecule has 0 radical (unpaired) electrons. The predicted octanol–water partition coefficient (Wildman–Crippen LogP) is 1.99. The Kier molecular flexibility index (Phi) is 9.67. The number of nitrogens with one attached hydrogen (secondary N) is 1. The van der Waals surface area contributed by atoms with Crippen LogP contribution >= 0.6 is 0 Å². The Morgan fingerprint density at radius 2 is 1.67 bits per heavy atom. The highest BCUT2D eigenvalue weighted by atomic mass is 32.2. The van der Waals surface area contributed by atoms with Gasteiger partial charge in [-0.2, -0.15) is 0 Å². The molecule has 0 bridgehead atoms. The van der Waals surface area contributed by atoms with Crippen LogP contribution in [0.15, 0.2) is 49.1 Å². The van der Waals surface area contributed by atoms with Crippen LogP contribution in [0.25, 0.3) is 17.1 Å².